The van der Waals surface area contributed by atoms with Gasteiger partial charge in [-0.2, -0.15) is 0 Å². The molecule has 0 bridgehead atoms. The number of aryl methyl sites for hydroxylation is 1. The van der Waals surface area contributed by atoms with Crippen molar-refractivity contribution >= 4 is 23.2 Å². The molecule has 7 nitrogen and oxygen atoms in total. The number of fused-ring (bicyclic) bond motifs is 1. The van der Waals surface area contributed by atoms with Gasteiger partial charge in [-0.1, -0.05) is 78.9 Å². The van der Waals surface area contributed by atoms with Crippen molar-refractivity contribution in [2.75, 3.05) is 32.8 Å². The largest absolute Gasteiger partial charge is 0.491 e. The average molecular weight is 582 g/mol. The monoisotopic (exact) mass is 581 g/mol. The van der Waals surface area contributed by atoms with Crippen molar-refractivity contribution < 1.29 is 19.1 Å². The summed E-state index contributed by atoms with van der Waals surface area (Å²) in [6, 6.07) is 28.0. The third-order valence-corrected chi connectivity index (χ3v) is 8.87. The van der Waals surface area contributed by atoms with Crippen molar-refractivity contribution in [1.29, 1.82) is 0 Å². The number of aromatic nitrogens is 1. The molecule has 1 spiro atoms. The van der Waals surface area contributed by atoms with Gasteiger partial charge in [0.15, 0.2) is 5.60 Å². The smallest absolute Gasteiger partial charge is 0.273 e. The van der Waals surface area contributed by atoms with Crippen LogP contribution in [0.1, 0.15) is 40.9 Å². The predicted octanol–water partition coefficient (Wildman–Crippen LogP) is 5.86. The lowest BCUT2D eigenvalue weighted by Crippen LogP contribution is -2.62. The topological polar surface area (TPSA) is 72.0 Å². The summed E-state index contributed by atoms with van der Waals surface area (Å²) in [5.41, 5.74) is 2.47. The van der Waals surface area contributed by atoms with E-state index in [9.17, 15) is 9.59 Å². The Morgan fingerprint density at radius 3 is 2.50 bits per heavy atom. The molecular weight excluding hydrogens is 546 g/mol. The van der Waals surface area contributed by atoms with Crippen LogP contribution >= 0.6 is 11.3 Å². The first-order valence-corrected chi connectivity index (χ1v) is 15.5. The molecule has 2 amide bonds. The molecule has 0 N–H and O–H groups in total. The van der Waals surface area contributed by atoms with Crippen LogP contribution in [-0.2, 0) is 22.5 Å². The highest BCUT2D eigenvalue weighted by Gasteiger charge is 2.47. The summed E-state index contributed by atoms with van der Waals surface area (Å²) in [4.78, 5) is 36.5. The van der Waals surface area contributed by atoms with Crippen LogP contribution in [0, 0.1) is 0 Å². The van der Waals surface area contributed by atoms with E-state index in [1.165, 1.54) is 16.9 Å². The van der Waals surface area contributed by atoms with E-state index in [1.807, 2.05) is 89.1 Å². The molecule has 8 heteroatoms. The molecule has 3 aromatic carbocycles. The fourth-order valence-corrected chi connectivity index (χ4v) is 6.58. The van der Waals surface area contributed by atoms with Crippen molar-refractivity contribution in [2.24, 2.45) is 0 Å². The second-order valence-electron chi connectivity index (χ2n) is 10.8. The highest BCUT2D eigenvalue weighted by Crippen LogP contribution is 2.31. The fraction of sp³-hybridized carbons (Fsp3) is 0.324. The predicted molar refractivity (Wildman–Crippen MR) is 163 cm³/mol. The Hall–Kier alpha value is -4.01. The normalized spacial score (nSPS) is 19.9. The average Bonchev–Trinajstić information content (AvgIpc) is 3.54. The molecule has 0 aliphatic carbocycles. The van der Waals surface area contributed by atoms with Crippen molar-refractivity contribution in [3.8, 4) is 16.3 Å². The summed E-state index contributed by atoms with van der Waals surface area (Å²) in [7, 11) is 0. The van der Waals surface area contributed by atoms with Crippen molar-refractivity contribution in [1.82, 2.24) is 14.8 Å². The minimum absolute atomic E-state index is 0.0930. The number of thiazole rings is 1. The van der Waals surface area contributed by atoms with Gasteiger partial charge in [0, 0.05) is 24.0 Å². The van der Waals surface area contributed by atoms with E-state index in [0.717, 1.165) is 41.1 Å². The molecule has 4 aromatic rings. The van der Waals surface area contributed by atoms with Crippen molar-refractivity contribution in [3.05, 3.63) is 107 Å². The lowest BCUT2D eigenvalue weighted by Gasteiger charge is -2.44. The van der Waals surface area contributed by atoms with Gasteiger partial charge in [-0.05, 0) is 42.9 Å². The molecule has 1 unspecified atom stereocenters. The molecule has 1 saturated heterocycles. The fourth-order valence-electron chi connectivity index (χ4n) is 5.78. The van der Waals surface area contributed by atoms with Crippen molar-refractivity contribution in [3.63, 3.8) is 0 Å². The van der Waals surface area contributed by atoms with Crippen LogP contribution in [0.5, 0.6) is 5.75 Å². The molecular formula is C34H35N3O4S. The number of amides is 2. The van der Waals surface area contributed by atoms with Gasteiger partial charge < -0.3 is 19.3 Å². The van der Waals surface area contributed by atoms with E-state index >= 15 is 0 Å². The number of carbonyl (C=O) groups excluding carboxylic acids is 2. The van der Waals surface area contributed by atoms with E-state index in [4.69, 9.17) is 9.47 Å². The zero-order chi connectivity index (χ0) is 28.8. The van der Waals surface area contributed by atoms with Crippen LogP contribution in [0.3, 0.4) is 0 Å². The van der Waals surface area contributed by atoms with Crippen LogP contribution < -0.4 is 4.74 Å². The van der Waals surface area contributed by atoms with Crippen molar-refractivity contribution in [2.45, 2.75) is 37.8 Å². The first kappa shape index (κ1) is 28.1. The maximum Gasteiger partial charge on any atom is 0.273 e. The minimum atomic E-state index is -1.13. The second kappa shape index (κ2) is 12.9. The van der Waals surface area contributed by atoms with Gasteiger partial charge in [0.2, 0.25) is 0 Å². The molecule has 216 valence electrons. The van der Waals surface area contributed by atoms with Crippen LogP contribution in [0.4, 0.5) is 0 Å². The maximum atomic E-state index is 14.5. The van der Waals surface area contributed by atoms with E-state index < -0.39 is 5.60 Å². The zero-order valence-electron chi connectivity index (χ0n) is 23.6. The first-order chi connectivity index (χ1) is 20.6. The quantitative estimate of drug-likeness (QED) is 0.302. The third-order valence-electron chi connectivity index (χ3n) is 7.98. The number of hydrogen-bond donors (Lipinski definition) is 0. The Labute approximate surface area is 250 Å². The zero-order valence-corrected chi connectivity index (χ0v) is 24.4. The van der Waals surface area contributed by atoms with Gasteiger partial charge >= 0.3 is 0 Å². The molecule has 1 fully saturated rings. The van der Waals surface area contributed by atoms with Crippen LogP contribution in [-0.4, -0.2) is 65.0 Å². The number of benzene rings is 3. The Bertz CT molecular complexity index is 1510. The van der Waals surface area contributed by atoms with Crippen LogP contribution in [0.2, 0.25) is 0 Å². The number of ether oxygens (including phenoxy) is 2. The highest BCUT2D eigenvalue weighted by atomic mass is 32.1. The summed E-state index contributed by atoms with van der Waals surface area (Å²) in [5.74, 6) is 0.621. The van der Waals surface area contributed by atoms with E-state index in [0.29, 0.717) is 45.0 Å². The Balaban J connectivity index is 1.27. The van der Waals surface area contributed by atoms with Gasteiger partial charge in [0.25, 0.3) is 11.8 Å². The number of morpholine rings is 1. The number of hydrogen-bond acceptors (Lipinski definition) is 6. The van der Waals surface area contributed by atoms with Gasteiger partial charge in [-0.25, -0.2) is 4.98 Å². The van der Waals surface area contributed by atoms with Gasteiger partial charge in [0.1, 0.15) is 23.1 Å². The number of para-hydroxylation sites is 1. The SMILES string of the molecule is O=C(c1csc(-c2ccccc2)n1)N1CCOC2(CCCCc3ccccc3OCCN(Cc3ccccc3)C2=O)C1. The standard InChI is InChI=1S/C34H35N3O4S/c38-32(29-24-42-31(35-29)28-15-5-2-6-16-28)37-20-22-41-34(25-37)18-10-9-14-27-13-7-8-17-30(27)40-21-19-36(33(34)39)23-26-11-3-1-4-12-26/h1-8,11-13,15-17,24H,9-10,14,18-23,25H2. The number of carbonyl (C=O) groups is 2. The van der Waals surface area contributed by atoms with Gasteiger partial charge in [-0.15, -0.1) is 11.3 Å². The van der Waals surface area contributed by atoms with E-state index in [2.05, 4.69) is 11.1 Å². The summed E-state index contributed by atoms with van der Waals surface area (Å²) in [6.45, 7) is 2.14. The molecule has 0 radical (unpaired) electrons. The van der Waals surface area contributed by atoms with Gasteiger partial charge in [0.05, 0.1) is 19.7 Å². The summed E-state index contributed by atoms with van der Waals surface area (Å²) < 4.78 is 12.6. The number of rotatable bonds is 4. The van der Waals surface area contributed by atoms with Crippen LogP contribution in [0.25, 0.3) is 10.6 Å². The third kappa shape index (κ3) is 6.25. The molecule has 42 heavy (non-hydrogen) atoms. The highest BCUT2D eigenvalue weighted by molar-refractivity contribution is 7.13. The van der Waals surface area contributed by atoms with Crippen LogP contribution in [0.15, 0.2) is 90.3 Å². The molecule has 6 rings (SSSR count). The molecule has 3 heterocycles. The second-order valence-corrected chi connectivity index (χ2v) is 11.7. The maximum absolute atomic E-state index is 14.5. The summed E-state index contributed by atoms with van der Waals surface area (Å²) >= 11 is 1.46. The molecule has 2 aliphatic rings. The lowest BCUT2D eigenvalue weighted by molar-refractivity contribution is -0.171. The molecule has 1 atom stereocenters. The number of nitrogens with zero attached hydrogens (tertiary/aromatic N) is 3. The Kier molecular flexibility index (Phi) is 8.63. The van der Waals surface area contributed by atoms with Gasteiger partial charge in [-0.3, -0.25) is 9.59 Å². The first-order valence-electron chi connectivity index (χ1n) is 14.6. The Morgan fingerprint density at radius 2 is 1.67 bits per heavy atom. The molecule has 2 aliphatic heterocycles. The van der Waals surface area contributed by atoms with E-state index in [1.54, 1.807) is 4.90 Å². The van der Waals surface area contributed by atoms with E-state index in [-0.39, 0.29) is 18.4 Å². The summed E-state index contributed by atoms with van der Waals surface area (Å²) in [6.07, 6.45) is 3.07. The lowest BCUT2D eigenvalue weighted by atomic mass is 9.90. The molecule has 1 aromatic heterocycles. The Morgan fingerprint density at radius 1 is 0.905 bits per heavy atom. The summed E-state index contributed by atoms with van der Waals surface area (Å²) in [5, 5.41) is 2.62. The minimum Gasteiger partial charge on any atom is -0.491 e. The molecule has 0 saturated carbocycles.